The normalized spacial score (nSPS) is 29.5. The van der Waals surface area contributed by atoms with Gasteiger partial charge in [0, 0.05) is 5.48 Å². The first-order valence-electron chi connectivity index (χ1n) is 10.3. The van der Waals surface area contributed by atoms with Crippen molar-refractivity contribution in [2.24, 2.45) is 0 Å². The summed E-state index contributed by atoms with van der Waals surface area (Å²) in [4.78, 5) is 0. The summed E-state index contributed by atoms with van der Waals surface area (Å²) in [5.74, 6) is 0. The third-order valence-corrected chi connectivity index (χ3v) is 1.25. The van der Waals surface area contributed by atoms with E-state index in [9.17, 15) is 5.11 Å². The van der Waals surface area contributed by atoms with E-state index in [1.165, 1.54) is 0 Å². The van der Waals surface area contributed by atoms with Crippen LogP contribution in [0, 0.1) is 0 Å². The fraction of sp³-hybridized carbons (Fsp3) is 0.500. The molecule has 0 amide bonds. The zero-order chi connectivity index (χ0) is 22.8. The smallest absolute Gasteiger partial charge is 0.850 e. The van der Waals surface area contributed by atoms with E-state index < -0.39 is 42.6 Å². The minimum absolute atomic E-state index is 0. The van der Waals surface area contributed by atoms with Crippen molar-refractivity contribution in [1.82, 2.24) is 0 Å². The first kappa shape index (κ1) is 9.52. The third kappa shape index (κ3) is 32.2. The van der Waals surface area contributed by atoms with E-state index in [4.69, 9.17) is 13.8 Å². The maximum absolute atomic E-state index is 10.1. The predicted molar refractivity (Wildman–Crippen MR) is 78.4 cm³/mol. The van der Waals surface area contributed by atoms with E-state index in [0.29, 0.717) is 0 Å². The second kappa shape index (κ2) is 16.6. The average Bonchev–Trinajstić information content (AvgIpc) is 2.59. The third-order valence-electron chi connectivity index (χ3n) is 1.25. The Balaban J connectivity index is -0.000000374. The Kier molecular flexibility index (Phi) is 8.30. The second-order valence-corrected chi connectivity index (χ2v) is 4.28. The molecule has 2 N–H and O–H groups in total. The Labute approximate surface area is 175 Å². The first-order chi connectivity index (χ1) is 12.6. The van der Waals surface area contributed by atoms with Gasteiger partial charge in [-0.25, -0.2) is 0 Å². The van der Waals surface area contributed by atoms with Gasteiger partial charge in [0.05, 0.1) is 5.48 Å². The number of allylic oxidation sites excluding steroid dienone is 8. The fourth-order valence-electron chi connectivity index (χ4n) is 0.730. The average molecular weight is 301 g/mol. The Bertz CT molecular complexity index is 547. The van der Waals surface area contributed by atoms with Crippen molar-refractivity contribution in [3.8, 4) is 0 Å². The van der Waals surface area contributed by atoms with E-state index in [2.05, 4.69) is 29.8 Å². The molecular formula is C16H27KO2. The minimum atomic E-state index is -2.72. The molecule has 0 fully saturated rings. The largest absolute Gasteiger partial charge is 1.00 e. The molecule has 0 spiro atoms. The molecule has 0 aliphatic heterocycles. The maximum Gasteiger partial charge on any atom is 1.00 e. The number of hydrogen-bond donors (Lipinski definition) is 0. The van der Waals surface area contributed by atoms with Gasteiger partial charge in [0.2, 0.25) is 2.86 Å². The van der Waals surface area contributed by atoms with Gasteiger partial charge in [-0.2, -0.15) is 0 Å². The molecule has 0 aromatic carbocycles. The molecule has 0 bridgehead atoms. The molecule has 0 aromatic rings. The molecular weight excluding hydrogens is 263 g/mol. The van der Waals surface area contributed by atoms with Gasteiger partial charge in [-0.15, -0.1) is 5.60 Å². The quantitative estimate of drug-likeness (QED) is 0.463. The number of hydrogen-bond acceptors (Lipinski definition) is 1. The van der Waals surface area contributed by atoms with Gasteiger partial charge in [0.15, 0.2) is 0 Å². The van der Waals surface area contributed by atoms with Crippen molar-refractivity contribution in [2.45, 2.75) is 52.0 Å². The fourth-order valence-corrected chi connectivity index (χ4v) is 0.730. The number of rotatable bonds is 0. The first-order valence-corrected chi connectivity index (χ1v) is 5.50. The second-order valence-electron chi connectivity index (χ2n) is 4.28. The summed E-state index contributed by atoms with van der Waals surface area (Å²) in [5, 5.41) is 10.1. The zero-order valence-electron chi connectivity index (χ0n) is 22.0. The topological polar surface area (TPSA) is 54.6 Å². The molecule has 0 radical (unpaired) electrons. The zero-order valence-corrected chi connectivity index (χ0v) is 15.2. The van der Waals surface area contributed by atoms with Crippen LogP contribution in [-0.4, -0.2) is 13.9 Å². The van der Waals surface area contributed by atoms with Crippen molar-refractivity contribution < 1.29 is 72.9 Å². The van der Waals surface area contributed by atoms with Crippen LogP contribution in [0.5, 0.6) is 0 Å². The summed E-state index contributed by atoms with van der Waals surface area (Å²) >= 11 is 0. The van der Waals surface area contributed by atoms with Crippen LogP contribution in [0.15, 0.2) is 48.5 Å². The van der Waals surface area contributed by atoms with Crippen LogP contribution in [0.2, 0.25) is 0 Å². The van der Waals surface area contributed by atoms with Crippen molar-refractivity contribution in [3.63, 3.8) is 0 Å². The monoisotopic (exact) mass is 300 g/mol. The Morgan fingerprint density at radius 1 is 1.05 bits per heavy atom. The summed E-state index contributed by atoms with van der Waals surface area (Å²) in [7, 11) is 0. The molecule has 0 aromatic heterocycles. The van der Waals surface area contributed by atoms with Gasteiger partial charge < -0.3 is 10.6 Å². The molecule has 0 unspecified atom stereocenters. The van der Waals surface area contributed by atoms with E-state index in [0.717, 1.165) is 12.8 Å². The SMILES string of the molecule is C1=CCC=CC1.CC(C)(C)[O-].[2H]C1=C([2H])C([2H])([2H])C([2H])([2H])C([2H])=C1[2H].[2H]O[2H].[K+]. The summed E-state index contributed by atoms with van der Waals surface area (Å²) in [6.07, 6.45) is 5.57. The van der Waals surface area contributed by atoms with Gasteiger partial charge >= 0.3 is 51.4 Å². The van der Waals surface area contributed by atoms with Crippen LogP contribution in [0.1, 0.15) is 57.3 Å². The minimum Gasteiger partial charge on any atom is -0.850 e. The Morgan fingerprint density at radius 2 is 1.32 bits per heavy atom. The van der Waals surface area contributed by atoms with Gasteiger partial charge in [0.1, 0.15) is 0 Å². The van der Waals surface area contributed by atoms with E-state index in [1.807, 2.05) is 0 Å². The van der Waals surface area contributed by atoms with E-state index >= 15 is 0 Å². The molecule has 2 rings (SSSR count). The molecule has 104 valence electrons. The summed E-state index contributed by atoms with van der Waals surface area (Å²) in [6, 6.07) is -3.22. The molecule has 0 saturated heterocycles. The predicted octanol–water partition coefficient (Wildman–Crippen LogP) is 0.110. The molecule has 0 heterocycles. The van der Waals surface area contributed by atoms with Crippen molar-refractivity contribution in [1.29, 1.82) is 2.86 Å². The van der Waals surface area contributed by atoms with Crippen LogP contribution >= 0.6 is 0 Å². The Hall–Kier alpha value is 0.516. The van der Waals surface area contributed by atoms with Crippen molar-refractivity contribution in [3.05, 3.63) is 48.5 Å². The van der Waals surface area contributed by atoms with Crippen molar-refractivity contribution >= 4 is 0 Å². The van der Waals surface area contributed by atoms with E-state index in [-0.39, 0.29) is 51.4 Å². The van der Waals surface area contributed by atoms with Gasteiger partial charge in [-0.3, -0.25) is 0 Å². The van der Waals surface area contributed by atoms with E-state index in [1.54, 1.807) is 20.8 Å². The standard InChI is InChI=1S/2C6H8.C4H9O.K.H2O/c2*1-2-4-6-5-3-1;1-4(2,3)5;;/h1-2,5-6H,3-4H2;1-4H,5-6H2;1-3H3;;1H2/q;;-1;+1;/i;1D,2D,3D,4D,5D2,6D2;;;/hD2. The van der Waals surface area contributed by atoms with Crippen LogP contribution in [-0.2, 0) is 0 Å². The van der Waals surface area contributed by atoms with Crippen LogP contribution in [0.25, 0.3) is 0 Å². The Morgan fingerprint density at radius 3 is 1.53 bits per heavy atom. The molecule has 0 atom stereocenters. The van der Waals surface area contributed by atoms with Crippen LogP contribution in [0.4, 0.5) is 0 Å². The molecule has 2 aliphatic rings. The maximum atomic E-state index is 10.1. The van der Waals surface area contributed by atoms with Crippen LogP contribution < -0.4 is 56.5 Å². The summed E-state index contributed by atoms with van der Waals surface area (Å²) in [6.45, 7) is 4.90. The molecule has 2 nitrogen and oxygen atoms in total. The molecule has 3 heteroatoms. The molecule has 2 aliphatic carbocycles. The van der Waals surface area contributed by atoms with Crippen LogP contribution in [0.3, 0.4) is 0 Å². The van der Waals surface area contributed by atoms with Gasteiger partial charge in [-0.05, 0) is 25.6 Å². The summed E-state index contributed by atoms with van der Waals surface area (Å²) in [5.41, 5.74) is 2.00. The van der Waals surface area contributed by atoms with Gasteiger partial charge in [-0.1, -0.05) is 69.3 Å². The van der Waals surface area contributed by atoms with Crippen molar-refractivity contribution in [2.75, 3.05) is 0 Å². The summed E-state index contributed by atoms with van der Waals surface area (Å²) < 4.78 is 68.6. The molecule has 0 saturated carbocycles. The van der Waals surface area contributed by atoms with Gasteiger partial charge in [0.25, 0.3) is 0 Å². The molecule has 19 heavy (non-hydrogen) atoms.